The van der Waals surface area contributed by atoms with Crippen LogP contribution in [0.3, 0.4) is 0 Å². The minimum atomic E-state index is -4.47. The minimum Gasteiger partial charge on any atom is -0.383 e. The van der Waals surface area contributed by atoms with Gasteiger partial charge in [0.25, 0.3) is 0 Å². The molecule has 0 spiro atoms. The van der Waals surface area contributed by atoms with Crippen LogP contribution in [0.25, 0.3) is 0 Å². The van der Waals surface area contributed by atoms with Crippen molar-refractivity contribution in [3.8, 4) is 0 Å². The van der Waals surface area contributed by atoms with Crippen molar-refractivity contribution in [1.29, 1.82) is 0 Å². The summed E-state index contributed by atoms with van der Waals surface area (Å²) >= 11 is 0. The van der Waals surface area contributed by atoms with Gasteiger partial charge in [0.1, 0.15) is 0 Å². The predicted octanol–water partition coefficient (Wildman–Crippen LogP) is 1.71. The molecule has 0 radical (unpaired) electrons. The van der Waals surface area contributed by atoms with E-state index in [2.05, 4.69) is 15.1 Å². The van der Waals surface area contributed by atoms with Gasteiger partial charge in [-0.3, -0.25) is 4.90 Å². The van der Waals surface area contributed by atoms with Gasteiger partial charge in [-0.25, -0.2) is 0 Å². The molecule has 0 aromatic carbocycles. The van der Waals surface area contributed by atoms with Crippen LogP contribution in [0.5, 0.6) is 0 Å². The second-order valence-electron chi connectivity index (χ2n) is 4.83. The van der Waals surface area contributed by atoms with E-state index in [4.69, 9.17) is 4.74 Å². The summed E-state index contributed by atoms with van der Waals surface area (Å²) in [6, 6.07) is -0.0812. The number of rotatable bonds is 3. The SMILES string of the molecule is COC[C@@H]1c2nnc(C(F)(F)F)n2CCN1C(C)C. The zero-order chi connectivity index (χ0) is 14.2. The van der Waals surface area contributed by atoms with Crippen LogP contribution in [0.2, 0.25) is 0 Å². The second kappa shape index (κ2) is 5.09. The molecule has 2 rings (SSSR count). The van der Waals surface area contributed by atoms with Gasteiger partial charge in [0.05, 0.1) is 12.6 Å². The van der Waals surface area contributed by atoms with Crippen LogP contribution in [0.4, 0.5) is 13.2 Å². The highest BCUT2D eigenvalue weighted by Gasteiger charge is 2.42. The highest BCUT2D eigenvalue weighted by molar-refractivity contribution is 5.08. The fourth-order valence-electron chi connectivity index (χ4n) is 2.46. The Bertz CT molecular complexity index is 444. The van der Waals surface area contributed by atoms with Crippen LogP contribution in [-0.2, 0) is 17.5 Å². The van der Waals surface area contributed by atoms with Crippen LogP contribution in [-0.4, -0.2) is 46.0 Å². The summed E-state index contributed by atoms with van der Waals surface area (Å²) < 4.78 is 44.7. The zero-order valence-corrected chi connectivity index (χ0v) is 11.1. The number of halogens is 3. The number of fused-ring (bicyclic) bond motifs is 1. The number of alkyl halides is 3. The van der Waals surface area contributed by atoms with E-state index in [1.807, 2.05) is 13.8 Å². The molecule has 0 aliphatic carbocycles. The monoisotopic (exact) mass is 278 g/mol. The molecule has 19 heavy (non-hydrogen) atoms. The number of aromatic nitrogens is 3. The van der Waals surface area contributed by atoms with Crippen molar-refractivity contribution in [2.45, 2.75) is 38.7 Å². The third-order valence-electron chi connectivity index (χ3n) is 3.30. The molecule has 5 nitrogen and oxygen atoms in total. The Kier molecular flexibility index (Phi) is 3.82. The van der Waals surface area contributed by atoms with Crippen molar-refractivity contribution in [3.63, 3.8) is 0 Å². The molecule has 0 unspecified atom stereocenters. The van der Waals surface area contributed by atoms with Gasteiger partial charge in [0, 0.05) is 26.2 Å². The lowest BCUT2D eigenvalue weighted by Gasteiger charge is -2.38. The van der Waals surface area contributed by atoms with E-state index >= 15 is 0 Å². The van der Waals surface area contributed by atoms with E-state index in [0.717, 1.165) is 4.57 Å². The lowest BCUT2D eigenvalue weighted by Crippen LogP contribution is -2.44. The Morgan fingerprint density at radius 3 is 2.53 bits per heavy atom. The van der Waals surface area contributed by atoms with E-state index in [9.17, 15) is 13.2 Å². The molecular formula is C11H17F3N4O. The summed E-state index contributed by atoms with van der Waals surface area (Å²) in [6.45, 7) is 5.07. The number of hydrogen-bond donors (Lipinski definition) is 0. The maximum Gasteiger partial charge on any atom is 0.451 e. The molecule has 0 fully saturated rings. The maximum absolute atomic E-state index is 12.8. The molecule has 0 bridgehead atoms. The zero-order valence-electron chi connectivity index (χ0n) is 11.1. The van der Waals surface area contributed by atoms with Gasteiger partial charge in [-0.15, -0.1) is 10.2 Å². The summed E-state index contributed by atoms with van der Waals surface area (Å²) in [5.41, 5.74) is 0. The molecule has 2 heterocycles. The van der Waals surface area contributed by atoms with Crippen molar-refractivity contribution in [2.75, 3.05) is 20.3 Å². The van der Waals surface area contributed by atoms with Crippen LogP contribution in [0.1, 0.15) is 31.5 Å². The second-order valence-corrected chi connectivity index (χ2v) is 4.83. The van der Waals surface area contributed by atoms with Crippen LogP contribution < -0.4 is 0 Å². The fraction of sp³-hybridized carbons (Fsp3) is 0.818. The highest BCUT2D eigenvalue weighted by Crippen LogP contribution is 2.33. The molecule has 0 N–H and O–H groups in total. The van der Waals surface area contributed by atoms with E-state index in [-0.39, 0.29) is 18.6 Å². The van der Waals surface area contributed by atoms with Gasteiger partial charge in [0.15, 0.2) is 5.82 Å². The van der Waals surface area contributed by atoms with Crippen molar-refractivity contribution >= 4 is 0 Å². The van der Waals surface area contributed by atoms with Gasteiger partial charge in [-0.05, 0) is 13.8 Å². The van der Waals surface area contributed by atoms with Crippen molar-refractivity contribution in [1.82, 2.24) is 19.7 Å². The number of hydrogen-bond acceptors (Lipinski definition) is 4. The molecule has 1 aliphatic heterocycles. The Balaban J connectivity index is 2.39. The molecule has 0 saturated heterocycles. The van der Waals surface area contributed by atoms with Crippen molar-refractivity contribution < 1.29 is 17.9 Å². The summed E-state index contributed by atoms with van der Waals surface area (Å²) in [7, 11) is 1.53. The van der Waals surface area contributed by atoms with Crippen molar-refractivity contribution in [2.24, 2.45) is 0 Å². The molecule has 1 aliphatic rings. The molecule has 1 atom stereocenters. The van der Waals surface area contributed by atoms with Gasteiger partial charge >= 0.3 is 6.18 Å². The highest BCUT2D eigenvalue weighted by atomic mass is 19.4. The van der Waals surface area contributed by atoms with Crippen LogP contribution >= 0.6 is 0 Å². The number of ether oxygens (including phenoxy) is 1. The van der Waals surface area contributed by atoms with Gasteiger partial charge < -0.3 is 9.30 Å². The smallest absolute Gasteiger partial charge is 0.383 e. The molecule has 0 amide bonds. The summed E-state index contributed by atoms with van der Waals surface area (Å²) in [4.78, 5) is 2.08. The molecule has 0 saturated carbocycles. The normalized spacial score (nSPS) is 20.9. The Labute approximate surface area is 109 Å². The lowest BCUT2D eigenvalue weighted by atomic mass is 10.1. The average Bonchev–Trinajstić information content (AvgIpc) is 2.72. The molecule has 8 heteroatoms. The summed E-state index contributed by atoms with van der Waals surface area (Å²) in [5.74, 6) is -0.596. The number of nitrogens with zero attached hydrogens (tertiary/aromatic N) is 4. The predicted molar refractivity (Wildman–Crippen MR) is 61.5 cm³/mol. The quantitative estimate of drug-likeness (QED) is 0.844. The first-order valence-corrected chi connectivity index (χ1v) is 6.11. The average molecular weight is 278 g/mol. The lowest BCUT2D eigenvalue weighted by molar-refractivity contribution is -0.148. The standard InChI is InChI=1S/C11H17F3N4O/c1-7(2)17-4-5-18-9(8(17)6-19-3)15-16-10(18)11(12,13)14/h7-8H,4-6H2,1-3H3/t8-/m1/s1. The van der Waals surface area contributed by atoms with Crippen LogP contribution in [0, 0.1) is 0 Å². The van der Waals surface area contributed by atoms with E-state index < -0.39 is 12.0 Å². The summed E-state index contributed by atoms with van der Waals surface area (Å²) in [5, 5.41) is 7.03. The van der Waals surface area contributed by atoms with E-state index in [1.54, 1.807) is 0 Å². The number of methoxy groups -OCH3 is 1. The van der Waals surface area contributed by atoms with Crippen LogP contribution in [0.15, 0.2) is 0 Å². The van der Waals surface area contributed by atoms with Gasteiger partial charge in [-0.2, -0.15) is 13.2 Å². The largest absolute Gasteiger partial charge is 0.451 e. The van der Waals surface area contributed by atoms with E-state index in [1.165, 1.54) is 7.11 Å². The van der Waals surface area contributed by atoms with Gasteiger partial charge in [-0.1, -0.05) is 0 Å². The molecule has 1 aromatic rings. The maximum atomic E-state index is 12.8. The van der Waals surface area contributed by atoms with Crippen molar-refractivity contribution in [3.05, 3.63) is 11.6 Å². The molecule has 1 aromatic heterocycles. The Morgan fingerprint density at radius 1 is 1.32 bits per heavy atom. The molecule has 108 valence electrons. The first-order valence-electron chi connectivity index (χ1n) is 6.11. The third kappa shape index (κ3) is 2.59. The van der Waals surface area contributed by atoms with E-state index in [0.29, 0.717) is 19.0 Å². The Morgan fingerprint density at radius 2 is 2.00 bits per heavy atom. The first-order chi connectivity index (χ1) is 8.86. The third-order valence-corrected chi connectivity index (χ3v) is 3.30. The van der Waals surface area contributed by atoms with Gasteiger partial charge in [0.2, 0.25) is 5.82 Å². The fourth-order valence-corrected chi connectivity index (χ4v) is 2.46. The first kappa shape index (κ1) is 14.3. The minimum absolute atomic E-state index is 0.208. The topological polar surface area (TPSA) is 43.2 Å². The Hall–Kier alpha value is -1.15. The summed E-state index contributed by atoms with van der Waals surface area (Å²) in [6.07, 6.45) is -4.47. The molecular weight excluding hydrogens is 261 g/mol.